The Labute approximate surface area is 186 Å². The third-order valence-corrected chi connectivity index (χ3v) is 5.19. The van der Waals surface area contributed by atoms with E-state index < -0.39 is 0 Å². The third-order valence-electron chi connectivity index (χ3n) is 4.18. The van der Waals surface area contributed by atoms with E-state index in [0.29, 0.717) is 13.1 Å². The summed E-state index contributed by atoms with van der Waals surface area (Å²) < 4.78 is 1.70. The van der Waals surface area contributed by atoms with Gasteiger partial charge >= 0.3 is 0 Å². The smallest absolute Gasteiger partial charge is 0.250 e. The molecule has 0 fully saturated rings. The Morgan fingerprint density at radius 3 is 2.36 bits per heavy atom. The molecule has 2 aromatic heterocycles. The van der Waals surface area contributed by atoms with Crippen molar-refractivity contribution in [1.82, 2.24) is 15.2 Å². The van der Waals surface area contributed by atoms with Crippen molar-refractivity contribution in [3.63, 3.8) is 0 Å². The zero-order valence-electron chi connectivity index (χ0n) is 16.0. The summed E-state index contributed by atoms with van der Waals surface area (Å²) in [5, 5.41) is 6.66. The number of aromatic nitrogens is 1. The summed E-state index contributed by atoms with van der Waals surface area (Å²) in [6.45, 7) is 4.15. The zero-order chi connectivity index (χ0) is 19.1. The van der Waals surface area contributed by atoms with E-state index in [1.807, 2.05) is 12.3 Å². The second-order valence-corrected chi connectivity index (χ2v) is 7.65. The van der Waals surface area contributed by atoms with Gasteiger partial charge in [-0.2, -0.15) is 0 Å². The van der Waals surface area contributed by atoms with Crippen LogP contribution in [0.25, 0.3) is 0 Å². The number of thiophene rings is 1. The number of rotatable bonds is 6. The first kappa shape index (κ1) is 22.2. The van der Waals surface area contributed by atoms with Gasteiger partial charge in [-0.3, -0.25) is 9.79 Å². The van der Waals surface area contributed by atoms with Crippen molar-refractivity contribution in [1.29, 1.82) is 0 Å². The number of guanidine groups is 1. The molecular weight excluding hydrogens is 483 g/mol. The maximum atomic E-state index is 11.8. The van der Waals surface area contributed by atoms with Crippen molar-refractivity contribution >= 4 is 41.3 Å². The highest BCUT2D eigenvalue weighted by Crippen LogP contribution is 2.14. The van der Waals surface area contributed by atoms with E-state index in [9.17, 15) is 4.79 Å². The Hall–Kier alpha value is -2.13. The predicted molar refractivity (Wildman–Crippen MR) is 128 cm³/mol. The first-order valence-electron chi connectivity index (χ1n) is 8.87. The molecule has 1 aromatic carbocycles. The van der Waals surface area contributed by atoms with Crippen LogP contribution in [0.4, 0.5) is 0 Å². The quantitative estimate of drug-likeness (QED) is 0.303. The van der Waals surface area contributed by atoms with E-state index in [1.54, 1.807) is 35.1 Å². The highest BCUT2D eigenvalue weighted by molar-refractivity contribution is 14.0. The van der Waals surface area contributed by atoms with Gasteiger partial charge in [-0.15, -0.1) is 35.3 Å². The Morgan fingerprint density at radius 1 is 1.00 bits per heavy atom. The molecule has 148 valence electrons. The average Bonchev–Trinajstić information content (AvgIpc) is 3.10. The molecule has 3 aromatic rings. The highest BCUT2D eigenvalue weighted by Gasteiger charge is 2.02. The van der Waals surface area contributed by atoms with Crippen molar-refractivity contribution in [2.24, 2.45) is 4.99 Å². The topological polar surface area (TPSA) is 58.4 Å². The maximum absolute atomic E-state index is 11.8. The maximum Gasteiger partial charge on any atom is 0.250 e. The van der Waals surface area contributed by atoms with Crippen LogP contribution in [0.1, 0.15) is 20.9 Å². The van der Waals surface area contributed by atoms with Gasteiger partial charge in [-0.05, 0) is 36.2 Å². The van der Waals surface area contributed by atoms with Crippen LogP contribution < -0.4 is 16.2 Å². The Balaban J connectivity index is 0.00000280. The molecule has 7 heteroatoms. The second kappa shape index (κ2) is 11.0. The monoisotopic (exact) mass is 508 g/mol. The standard InChI is InChI=1S/C21H24N4OS.HI/c1-16-6-11-19(27-16)14-24-21(22-2)23-13-17-7-9-18(10-8-17)15-25-12-4-3-5-20(25)26;/h3-12H,13-15H2,1-2H3,(H2,22,23,24);1H. The normalized spacial score (nSPS) is 11.0. The molecule has 0 aliphatic rings. The van der Waals surface area contributed by atoms with Crippen LogP contribution in [0.2, 0.25) is 0 Å². The largest absolute Gasteiger partial charge is 0.352 e. The lowest BCUT2D eigenvalue weighted by molar-refractivity contribution is 0.758. The summed E-state index contributed by atoms with van der Waals surface area (Å²) in [6.07, 6.45) is 1.81. The van der Waals surface area contributed by atoms with Gasteiger partial charge in [0.05, 0.1) is 13.1 Å². The summed E-state index contributed by atoms with van der Waals surface area (Å²) in [5.41, 5.74) is 2.27. The van der Waals surface area contributed by atoms with E-state index in [2.05, 4.69) is 58.9 Å². The Kier molecular flexibility index (Phi) is 8.72. The van der Waals surface area contributed by atoms with E-state index in [0.717, 1.165) is 23.6 Å². The number of nitrogens with zero attached hydrogens (tertiary/aromatic N) is 2. The molecule has 0 saturated carbocycles. The number of aryl methyl sites for hydroxylation is 1. The summed E-state index contributed by atoms with van der Waals surface area (Å²) in [5.74, 6) is 0.779. The van der Waals surface area contributed by atoms with E-state index in [-0.39, 0.29) is 29.5 Å². The molecule has 5 nitrogen and oxygen atoms in total. The van der Waals surface area contributed by atoms with Crippen molar-refractivity contribution < 1.29 is 0 Å². The molecule has 2 N–H and O–H groups in total. The minimum atomic E-state index is 0. The molecule has 0 saturated heterocycles. The number of benzene rings is 1. The van der Waals surface area contributed by atoms with Gasteiger partial charge < -0.3 is 15.2 Å². The van der Waals surface area contributed by atoms with Crippen molar-refractivity contribution in [3.05, 3.63) is 92.0 Å². The molecule has 3 rings (SSSR count). The number of nitrogens with one attached hydrogen (secondary N) is 2. The van der Waals surface area contributed by atoms with Gasteiger partial charge in [0, 0.05) is 35.6 Å². The van der Waals surface area contributed by atoms with Gasteiger partial charge in [-0.1, -0.05) is 30.3 Å². The summed E-state index contributed by atoms with van der Waals surface area (Å²) in [4.78, 5) is 18.7. The van der Waals surface area contributed by atoms with Gasteiger partial charge in [0.1, 0.15) is 0 Å². The predicted octanol–water partition coefficient (Wildman–Crippen LogP) is 3.75. The number of hydrogen-bond acceptors (Lipinski definition) is 3. The average molecular weight is 508 g/mol. The molecule has 0 atom stereocenters. The van der Waals surface area contributed by atoms with Gasteiger partial charge in [0.25, 0.3) is 5.56 Å². The second-order valence-electron chi connectivity index (χ2n) is 6.27. The Bertz CT molecular complexity index is 963. The fourth-order valence-electron chi connectivity index (χ4n) is 2.71. The first-order chi connectivity index (χ1) is 13.1. The molecule has 0 radical (unpaired) electrons. The van der Waals surface area contributed by atoms with Crippen molar-refractivity contribution in [2.75, 3.05) is 7.05 Å². The number of hydrogen-bond donors (Lipinski definition) is 2. The fourth-order valence-corrected chi connectivity index (χ4v) is 3.54. The van der Waals surface area contributed by atoms with Crippen LogP contribution in [-0.4, -0.2) is 17.6 Å². The summed E-state index contributed by atoms with van der Waals surface area (Å²) >= 11 is 1.79. The third kappa shape index (κ3) is 6.49. The van der Waals surface area contributed by atoms with Crippen LogP contribution in [-0.2, 0) is 19.6 Å². The van der Waals surface area contributed by atoms with Gasteiger partial charge in [0.2, 0.25) is 0 Å². The van der Waals surface area contributed by atoms with Crippen LogP contribution >= 0.6 is 35.3 Å². The zero-order valence-corrected chi connectivity index (χ0v) is 19.2. The van der Waals surface area contributed by atoms with Crippen LogP contribution in [0.3, 0.4) is 0 Å². The lowest BCUT2D eigenvalue weighted by Crippen LogP contribution is -2.36. The minimum absolute atomic E-state index is 0. The molecule has 0 spiro atoms. The number of aliphatic imine (C=N–C) groups is 1. The lowest BCUT2D eigenvalue weighted by atomic mass is 10.1. The van der Waals surface area contributed by atoms with Crippen LogP contribution in [0, 0.1) is 6.92 Å². The van der Waals surface area contributed by atoms with Gasteiger partial charge in [0.15, 0.2) is 5.96 Å². The van der Waals surface area contributed by atoms with Crippen LogP contribution in [0.15, 0.2) is 70.6 Å². The first-order valence-corrected chi connectivity index (χ1v) is 9.69. The molecule has 0 aliphatic carbocycles. The Morgan fingerprint density at radius 2 is 1.71 bits per heavy atom. The minimum Gasteiger partial charge on any atom is -0.352 e. The van der Waals surface area contributed by atoms with Crippen molar-refractivity contribution in [2.45, 2.75) is 26.6 Å². The molecule has 0 aliphatic heterocycles. The highest BCUT2D eigenvalue weighted by atomic mass is 127. The molecular formula is C21H25IN4OS. The summed E-state index contributed by atoms with van der Waals surface area (Å²) in [7, 11) is 1.77. The fraction of sp³-hybridized carbons (Fsp3) is 0.238. The SMILES string of the molecule is CN=C(NCc1ccc(Cn2ccccc2=O)cc1)NCc1ccc(C)s1.I. The number of pyridine rings is 1. The van der Waals surface area contributed by atoms with E-state index >= 15 is 0 Å². The molecule has 0 amide bonds. The summed E-state index contributed by atoms with van der Waals surface area (Å²) in [6, 6.07) is 17.7. The van der Waals surface area contributed by atoms with E-state index in [4.69, 9.17) is 0 Å². The number of halogens is 1. The van der Waals surface area contributed by atoms with E-state index in [1.165, 1.54) is 9.75 Å². The molecule has 28 heavy (non-hydrogen) atoms. The lowest BCUT2D eigenvalue weighted by Gasteiger charge is -2.12. The van der Waals surface area contributed by atoms with Gasteiger partial charge in [-0.25, -0.2) is 0 Å². The molecule has 2 heterocycles. The van der Waals surface area contributed by atoms with Crippen LogP contribution in [0.5, 0.6) is 0 Å². The molecule has 0 unspecified atom stereocenters. The molecule has 0 bridgehead atoms. The van der Waals surface area contributed by atoms with Crippen molar-refractivity contribution in [3.8, 4) is 0 Å².